The molecule has 0 aromatic heterocycles. The van der Waals surface area contributed by atoms with Crippen molar-refractivity contribution in [2.75, 3.05) is 18.0 Å². The highest BCUT2D eigenvalue weighted by Gasteiger charge is 2.33. The Hall–Kier alpha value is -2.04. The van der Waals surface area contributed by atoms with E-state index in [1.807, 2.05) is 31.2 Å². The predicted molar refractivity (Wildman–Crippen MR) is 72.4 cm³/mol. The summed E-state index contributed by atoms with van der Waals surface area (Å²) in [6.45, 7) is 3.89. The highest BCUT2D eigenvalue weighted by atomic mass is 16.4. The van der Waals surface area contributed by atoms with Crippen molar-refractivity contribution < 1.29 is 14.7 Å². The van der Waals surface area contributed by atoms with E-state index in [1.165, 1.54) is 4.90 Å². The first-order chi connectivity index (χ1) is 9.04. The molecule has 2 amide bonds. The van der Waals surface area contributed by atoms with Crippen molar-refractivity contribution in [2.24, 2.45) is 0 Å². The number of aliphatic carboxylic acids is 1. The number of likely N-dealkylation sites (N-methyl/N-ethyl adjacent to an activating group) is 1. The maximum absolute atomic E-state index is 12.5. The number of rotatable bonds is 3. The molecule has 0 saturated heterocycles. The second-order valence-electron chi connectivity index (χ2n) is 4.74. The number of benzene rings is 1. The lowest BCUT2D eigenvalue weighted by molar-refractivity contribution is -0.137. The zero-order chi connectivity index (χ0) is 14.0. The van der Waals surface area contributed by atoms with Crippen molar-refractivity contribution in [1.82, 2.24) is 4.90 Å². The van der Waals surface area contributed by atoms with E-state index in [0.717, 1.165) is 17.7 Å². The monoisotopic (exact) mass is 262 g/mol. The number of carboxylic acid groups (broad SMARTS) is 1. The lowest BCUT2D eigenvalue weighted by atomic mass is 10.1. The molecule has 0 spiro atoms. The Morgan fingerprint density at radius 3 is 2.74 bits per heavy atom. The molecular weight excluding hydrogens is 244 g/mol. The van der Waals surface area contributed by atoms with Gasteiger partial charge in [0.1, 0.15) is 6.54 Å². The molecule has 1 atom stereocenters. The molecule has 2 rings (SSSR count). The van der Waals surface area contributed by atoms with Crippen LogP contribution >= 0.6 is 0 Å². The standard InChI is InChI=1S/C14H18N2O3/c1-3-15(9-13(17)18)14(19)16-10(2)8-11-6-4-5-7-12(11)16/h4-7,10H,3,8-9H2,1-2H3,(H,17,18). The van der Waals surface area contributed by atoms with Crippen LogP contribution in [0.3, 0.4) is 0 Å². The highest BCUT2D eigenvalue weighted by Crippen LogP contribution is 2.32. The maximum atomic E-state index is 12.5. The number of urea groups is 1. The van der Waals surface area contributed by atoms with Gasteiger partial charge in [0.2, 0.25) is 0 Å². The Morgan fingerprint density at radius 2 is 2.11 bits per heavy atom. The van der Waals surface area contributed by atoms with Crippen LogP contribution in [0.2, 0.25) is 0 Å². The third kappa shape index (κ3) is 2.54. The number of hydrogen-bond donors (Lipinski definition) is 1. The molecule has 1 aliphatic rings. The van der Waals surface area contributed by atoms with Gasteiger partial charge in [0.05, 0.1) is 0 Å². The average Bonchev–Trinajstić information content (AvgIpc) is 2.70. The molecule has 0 radical (unpaired) electrons. The van der Waals surface area contributed by atoms with Crippen LogP contribution in [-0.4, -0.2) is 41.1 Å². The number of carbonyl (C=O) groups excluding carboxylic acids is 1. The summed E-state index contributed by atoms with van der Waals surface area (Å²) in [5, 5.41) is 8.86. The number of fused-ring (bicyclic) bond motifs is 1. The third-order valence-corrected chi connectivity index (χ3v) is 3.39. The summed E-state index contributed by atoms with van der Waals surface area (Å²) >= 11 is 0. The Bertz CT molecular complexity index is 501. The fourth-order valence-electron chi connectivity index (χ4n) is 2.49. The van der Waals surface area contributed by atoms with Crippen molar-refractivity contribution >= 4 is 17.7 Å². The largest absolute Gasteiger partial charge is 0.480 e. The van der Waals surface area contributed by atoms with Crippen LogP contribution in [0, 0.1) is 0 Å². The molecule has 0 saturated carbocycles. The first-order valence-corrected chi connectivity index (χ1v) is 6.42. The van der Waals surface area contributed by atoms with E-state index in [-0.39, 0.29) is 18.6 Å². The minimum absolute atomic E-state index is 0.0627. The Labute approximate surface area is 112 Å². The number of carbonyl (C=O) groups is 2. The van der Waals surface area contributed by atoms with Gasteiger partial charge in [-0.3, -0.25) is 9.69 Å². The smallest absolute Gasteiger partial charge is 0.325 e. The van der Waals surface area contributed by atoms with Crippen molar-refractivity contribution in [2.45, 2.75) is 26.3 Å². The van der Waals surface area contributed by atoms with Crippen LogP contribution in [0.1, 0.15) is 19.4 Å². The summed E-state index contributed by atoms with van der Waals surface area (Å²) in [6.07, 6.45) is 0.812. The molecule has 0 bridgehead atoms. The molecule has 0 aliphatic carbocycles. The Balaban J connectivity index is 2.25. The van der Waals surface area contributed by atoms with E-state index >= 15 is 0 Å². The minimum Gasteiger partial charge on any atom is -0.480 e. The first kappa shape index (κ1) is 13.4. The molecule has 1 N–H and O–H groups in total. The van der Waals surface area contributed by atoms with Gasteiger partial charge in [-0.1, -0.05) is 18.2 Å². The Kier molecular flexibility index (Phi) is 3.74. The van der Waals surface area contributed by atoms with Gasteiger partial charge in [0.25, 0.3) is 0 Å². The van der Waals surface area contributed by atoms with Gasteiger partial charge in [0.15, 0.2) is 0 Å². The molecule has 1 aromatic carbocycles. The first-order valence-electron chi connectivity index (χ1n) is 6.42. The van der Waals surface area contributed by atoms with Crippen LogP contribution < -0.4 is 4.90 Å². The summed E-state index contributed by atoms with van der Waals surface area (Å²) < 4.78 is 0. The SMILES string of the molecule is CCN(CC(=O)O)C(=O)N1c2ccccc2CC1C. The zero-order valence-corrected chi connectivity index (χ0v) is 11.2. The van der Waals surface area contributed by atoms with Crippen LogP contribution in [0.25, 0.3) is 0 Å². The highest BCUT2D eigenvalue weighted by molar-refractivity contribution is 5.96. The molecule has 1 aromatic rings. The third-order valence-electron chi connectivity index (χ3n) is 3.39. The quantitative estimate of drug-likeness (QED) is 0.905. The molecule has 1 aliphatic heterocycles. The van der Waals surface area contributed by atoms with Crippen molar-refractivity contribution in [3.05, 3.63) is 29.8 Å². The topological polar surface area (TPSA) is 60.9 Å². The van der Waals surface area contributed by atoms with E-state index in [9.17, 15) is 9.59 Å². The lowest BCUT2D eigenvalue weighted by Crippen LogP contribution is -2.47. The summed E-state index contributed by atoms with van der Waals surface area (Å²) in [7, 11) is 0. The van der Waals surface area contributed by atoms with Gasteiger partial charge >= 0.3 is 12.0 Å². The number of para-hydroxylation sites is 1. The molecular formula is C14H18N2O3. The molecule has 5 nitrogen and oxygen atoms in total. The summed E-state index contributed by atoms with van der Waals surface area (Å²) in [5.74, 6) is -0.990. The van der Waals surface area contributed by atoms with Gasteiger partial charge in [-0.2, -0.15) is 0 Å². The van der Waals surface area contributed by atoms with Gasteiger partial charge in [-0.05, 0) is 31.9 Å². The average molecular weight is 262 g/mol. The lowest BCUT2D eigenvalue weighted by Gasteiger charge is -2.29. The minimum atomic E-state index is -0.990. The number of carboxylic acids is 1. The second kappa shape index (κ2) is 5.30. The fraction of sp³-hybridized carbons (Fsp3) is 0.429. The van der Waals surface area contributed by atoms with Crippen LogP contribution in [-0.2, 0) is 11.2 Å². The van der Waals surface area contributed by atoms with E-state index in [0.29, 0.717) is 6.54 Å². The van der Waals surface area contributed by atoms with Gasteiger partial charge in [-0.25, -0.2) is 4.79 Å². The van der Waals surface area contributed by atoms with Crippen molar-refractivity contribution in [1.29, 1.82) is 0 Å². The predicted octanol–water partition coefficient (Wildman–Crippen LogP) is 1.96. The van der Waals surface area contributed by atoms with Crippen LogP contribution in [0.4, 0.5) is 10.5 Å². The van der Waals surface area contributed by atoms with E-state index < -0.39 is 5.97 Å². The van der Waals surface area contributed by atoms with Gasteiger partial charge in [-0.15, -0.1) is 0 Å². The van der Waals surface area contributed by atoms with Crippen molar-refractivity contribution in [3.63, 3.8) is 0 Å². The molecule has 19 heavy (non-hydrogen) atoms. The summed E-state index contributed by atoms with van der Waals surface area (Å²) in [5.41, 5.74) is 2.03. The van der Waals surface area contributed by atoms with Crippen LogP contribution in [0.5, 0.6) is 0 Å². The van der Waals surface area contributed by atoms with E-state index in [4.69, 9.17) is 5.11 Å². The fourth-order valence-corrected chi connectivity index (χ4v) is 2.49. The molecule has 5 heteroatoms. The van der Waals surface area contributed by atoms with Crippen LogP contribution in [0.15, 0.2) is 24.3 Å². The van der Waals surface area contributed by atoms with E-state index in [2.05, 4.69) is 0 Å². The summed E-state index contributed by atoms with van der Waals surface area (Å²) in [4.78, 5) is 26.3. The number of hydrogen-bond acceptors (Lipinski definition) is 2. The van der Waals surface area contributed by atoms with E-state index in [1.54, 1.807) is 11.8 Å². The zero-order valence-electron chi connectivity index (χ0n) is 11.2. The summed E-state index contributed by atoms with van der Waals surface area (Å²) in [6, 6.07) is 7.59. The molecule has 0 fully saturated rings. The Morgan fingerprint density at radius 1 is 1.42 bits per heavy atom. The molecule has 1 heterocycles. The molecule has 102 valence electrons. The van der Waals surface area contributed by atoms with Gasteiger partial charge in [0, 0.05) is 18.3 Å². The number of anilines is 1. The van der Waals surface area contributed by atoms with Crippen molar-refractivity contribution in [3.8, 4) is 0 Å². The molecule has 1 unspecified atom stereocenters. The van der Waals surface area contributed by atoms with Gasteiger partial charge < -0.3 is 10.0 Å². The normalized spacial score (nSPS) is 17.2. The maximum Gasteiger partial charge on any atom is 0.325 e. The number of nitrogens with zero attached hydrogens (tertiary/aromatic N) is 2. The number of amides is 2. The second-order valence-corrected chi connectivity index (χ2v) is 4.74.